The van der Waals surface area contributed by atoms with Crippen LogP contribution in [0, 0.1) is 5.82 Å². The lowest BCUT2D eigenvalue weighted by atomic mass is 10.1. The molecule has 1 aromatic heterocycles. The number of aromatic nitrogens is 2. The first kappa shape index (κ1) is 13.7. The van der Waals surface area contributed by atoms with Gasteiger partial charge in [0.2, 0.25) is 5.91 Å². The molecule has 0 spiro atoms. The van der Waals surface area contributed by atoms with E-state index in [1.807, 2.05) is 0 Å². The highest BCUT2D eigenvalue weighted by Gasteiger charge is 2.18. The van der Waals surface area contributed by atoms with Crippen molar-refractivity contribution in [1.82, 2.24) is 9.78 Å². The van der Waals surface area contributed by atoms with Crippen LogP contribution in [0.2, 0.25) is 0 Å². The van der Waals surface area contributed by atoms with Crippen LogP contribution in [0.5, 0.6) is 0 Å². The maximum Gasteiger partial charge on any atom is 0.337 e. The molecule has 0 aliphatic carbocycles. The van der Waals surface area contributed by atoms with Crippen LogP contribution in [-0.2, 0) is 4.79 Å². The number of benzene rings is 1. The molecule has 1 amide bonds. The summed E-state index contributed by atoms with van der Waals surface area (Å²) in [6, 6.07) is 4.21. The Morgan fingerprint density at radius 3 is 2.80 bits per heavy atom. The van der Waals surface area contributed by atoms with Crippen molar-refractivity contribution in [2.24, 2.45) is 0 Å². The topological polar surface area (TPSA) is 84.2 Å². The molecule has 0 aliphatic heterocycles. The predicted molar refractivity (Wildman–Crippen MR) is 68.9 cm³/mol. The number of halogens is 1. The molecule has 0 radical (unpaired) electrons. The van der Waals surface area contributed by atoms with Gasteiger partial charge < -0.3 is 10.4 Å². The number of nitrogens with zero attached hydrogens (tertiary/aromatic N) is 2. The van der Waals surface area contributed by atoms with E-state index in [1.165, 1.54) is 16.9 Å². The number of carboxylic acid groups (broad SMARTS) is 1. The Kier molecular flexibility index (Phi) is 3.79. The lowest BCUT2D eigenvalue weighted by Crippen LogP contribution is -2.25. The Morgan fingerprint density at radius 1 is 1.45 bits per heavy atom. The second-order valence-corrected chi connectivity index (χ2v) is 4.15. The summed E-state index contributed by atoms with van der Waals surface area (Å²) in [4.78, 5) is 23.0. The van der Waals surface area contributed by atoms with Gasteiger partial charge in [-0.1, -0.05) is 0 Å². The number of carbonyl (C=O) groups is 2. The lowest BCUT2D eigenvalue weighted by Gasteiger charge is -2.14. The number of carboxylic acids is 1. The van der Waals surface area contributed by atoms with Gasteiger partial charge in [-0.3, -0.25) is 9.48 Å². The molecule has 7 heteroatoms. The fraction of sp³-hybridized carbons (Fsp3) is 0.154. The van der Waals surface area contributed by atoms with E-state index < -0.39 is 23.7 Å². The summed E-state index contributed by atoms with van der Waals surface area (Å²) in [6.45, 7) is 1.62. The summed E-state index contributed by atoms with van der Waals surface area (Å²) in [5.41, 5.74) is -0.256. The van der Waals surface area contributed by atoms with Crippen LogP contribution in [0.25, 0.3) is 0 Å². The van der Waals surface area contributed by atoms with Crippen LogP contribution in [-0.4, -0.2) is 26.8 Å². The van der Waals surface area contributed by atoms with E-state index >= 15 is 0 Å². The van der Waals surface area contributed by atoms with Crippen molar-refractivity contribution in [2.75, 3.05) is 5.32 Å². The largest absolute Gasteiger partial charge is 0.478 e. The molecule has 20 heavy (non-hydrogen) atoms. The molecular weight excluding hydrogens is 265 g/mol. The molecule has 1 atom stereocenters. The van der Waals surface area contributed by atoms with E-state index in [0.29, 0.717) is 0 Å². The predicted octanol–water partition coefficient (Wildman–Crippen LogP) is 1.92. The smallest absolute Gasteiger partial charge is 0.337 e. The second kappa shape index (κ2) is 5.52. The minimum atomic E-state index is -1.31. The van der Waals surface area contributed by atoms with E-state index in [1.54, 1.807) is 19.2 Å². The van der Waals surface area contributed by atoms with Crippen molar-refractivity contribution >= 4 is 17.6 Å². The number of amides is 1. The fourth-order valence-electron chi connectivity index (χ4n) is 1.67. The van der Waals surface area contributed by atoms with Crippen LogP contribution >= 0.6 is 0 Å². The maximum absolute atomic E-state index is 13.0. The molecule has 0 saturated heterocycles. The second-order valence-electron chi connectivity index (χ2n) is 4.15. The van der Waals surface area contributed by atoms with Gasteiger partial charge in [-0.15, -0.1) is 0 Å². The number of rotatable bonds is 4. The first-order valence-electron chi connectivity index (χ1n) is 5.82. The summed E-state index contributed by atoms with van der Waals surface area (Å²) in [5.74, 6) is -2.44. The molecule has 1 heterocycles. The summed E-state index contributed by atoms with van der Waals surface area (Å²) < 4.78 is 14.5. The van der Waals surface area contributed by atoms with Gasteiger partial charge in [-0.2, -0.15) is 5.10 Å². The van der Waals surface area contributed by atoms with Crippen LogP contribution in [0.1, 0.15) is 23.3 Å². The maximum atomic E-state index is 13.0. The van der Waals surface area contributed by atoms with Gasteiger partial charge in [-0.25, -0.2) is 9.18 Å². The van der Waals surface area contributed by atoms with Crippen LogP contribution in [0.4, 0.5) is 10.1 Å². The van der Waals surface area contributed by atoms with E-state index in [2.05, 4.69) is 10.4 Å². The summed E-state index contributed by atoms with van der Waals surface area (Å²) >= 11 is 0. The third-order valence-corrected chi connectivity index (χ3v) is 2.77. The normalized spacial score (nSPS) is 11.9. The number of aromatic carboxylic acids is 1. The molecule has 6 nitrogen and oxygen atoms in total. The molecule has 1 unspecified atom stereocenters. The Hall–Kier alpha value is -2.70. The average molecular weight is 277 g/mol. The molecule has 2 aromatic rings. The van der Waals surface area contributed by atoms with Crippen molar-refractivity contribution in [3.8, 4) is 0 Å². The molecular formula is C13H12FN3O3. The quantitative estimate of drug-likeness (QED) is 0.894. The zero-order valence-corrected chi connectivity index (χ0v) is 10.6. The molecule has 0 aliphatic rings. The lowest BCUT2D eigenvalue weighted by molar-refractivity contribution is -0.119. The Balaban J connectivity index is 2.22. The van der Waals surface area contributed by atoms with Crippen molar-refractivity contribution in [3.05, 3.63) is 48.0 Å². The van der Waals surface area contributed by atoms with Gasteiger partial charge >= 0.3 is 5.97 Å². The fourth-order valence-corrected chi connectivity index (χ4v) is 1.67. The number of hydrogen-bond acceptors (Lipinski definition) is 3. The van der Waals surface area contributed by atoms with Crippen molar-refractivity contribution in [1.29, 1.82) is 0 Å². The number of hydrogen-bond donors (Lipinski definition) is 2. The van der Waals surface area contributed by atoms with Crippen molar-refractivity contribution < 1.29 is 19.1 Å². The Bertz CT molecular complexity index is 640. The minimum Gasteiger partial charge on any atom is -0.478 e. The number of anilines is 1. The number of carbonyl (C=O) groups excluding carboxylic acids is 1. The molecule has 2 N–H and O–H groups in total. The molecule has 1 aromatic carbocycles. The zero-order valence-electron chi connectivity index (χ0n) is 10.6. The van der Waals surface area contributed by atoms with Gasteiger partial charge in [0.25, 0.3) is 0 Å². The van der Waals surface area contributed by atoms with Crippen LogP contribution in [0.3, 0.4) is 0 Å². The van der Waals surface area contributed by atoms with Crippen molar-refractivity contribution in [3.63, 3.8) is 0 Å². The van der Waals surface area contributed by atoms with E-state index in [4.69, 9.17) is 5.11 Å². The standard InChI is InChI=1S/C13H12FN3O3/c1-8(17-6-2-5-15-17)12(18)16-11-4-3-9(14)7-10(11)13(19)20/h2-8H,1H3,(H,16,18)(H,19,20). The summed E-state index contributed by atoms with van der Waals surface area (Å²) in [7, 11) is 0. The molecule has 2 rings (SSSR count). The van der Waals surface area contributed by atoms with Gasteiger partial charge in [0.1, 0.15) is 11.9 Å². The Morgan fingerprint density at radius 2 is 2.20 bits per heavy atom. The van der Waals surface area contributed by atoms with Crippen molar-refractivity contribution in [2.45, 2.75) is 13.0 Å². The highest BCUT2D eigenvalue weighted by atomic mass is 19.1. The third kappa shape index (κ3) is 2.82. The van der Waals surface area contributed by atoms with E-state index in [0.717, 1.165) is 12.1 Å². The molecule has 104 valence electrons. The van der Waals surface area contributed by atoms with Crippen LogP contribution < -0.4 is 5.32 Å². The first-order chi connectivity index (χ1) is 9.49. The highest BCUT2D eigenvalue weighted by molar-refractivity contribution is 6.01. The van der Waals surface area contributed by atoms with E-state index in [-0.39, 0.29) is 11.3 Å². The summed E-state index contributed by atoms with van der Waals surface area (Å²) in [6.07, 6.45) is 3.15. The average Bonchev–Trinajstić information content (AvgIpc) is 2.93. The molecule has 0 fully saturated rings. The van der Waals surface area contributed by atoms with Crippen LogP contribution in [0.15, 0.2) is 36.7 Å². The monoisotopic (exact) mass is 277 g/mol. The first-order valence-corrected chi connectivity index (χ1v) is 5.82. The van der Waals surface area contributed by atoms with Gasteiger partial charge in [0.15, 0.2) is 0 Å². The van der Waals surface area contributed by atoms with Gasteiger partial charge in [0, 0.05) is 12.4 Å². The SMILES string of the molecule is CC(C(=O)Nc1ccc(F)cc1C(=O)O)n1cccn1. The Labute approximate surface area is 113 Å². The highest BCUT2D eigenvalue weighted by Crippen LogP contribution is 2.18. The molecule has 0 saturated carbocycles. The zero-order chi connectivity index (χ0) is 14.7. The van der Waals surface area contributed by atoms with Gasteiger partial charge in [-0.05, 0) is 31.2 Å². The van der Waals surface area contributed by atoms with E-state index in [9.17, 15) is 14.0 Å². The molecule has 0 bridgehead atoms. The van der Waals surface area contributed by atoms with Gasteiger partial charge in [0.05, 0.1) is 11.3 Å². The third-order valence-electron chi connectivity index (χ3n) is 2.77. The minimum absolute atomic E-state index is 0.0444. The summed E-state index contributed by atoms with van der Waals surface area (Å²) in [5, 5.41) is 15.4. The number of nitrogens with one attached hydrogen (secondary N) is 1.